The summed E-state index contributed by atoms with van der Waals surface area (Å²) in [7, 11) is 0. The third-order valence-electron chi connectivity index (χ3n) is 3.38. The van der Waals surface area contributed by atoms with Crippen molar-refractivity contribution in [1.29, 1.82) is 0 Å². The van der Waals surface area contributed by atoms with Gasteiger partial charge in [-0.1, -0.05) is 6.92 Å². The molecular formula is C12H20BrN3. The lowest BCUT2D eigenvalue weighted by atomic mass is 10.1. The summed E-state index contributed by atoms with van der Waals surface area (Å²) in [6.07, 6.45) is 3.17. The minimum Gasteiger partial charge on any atom is -0.320 e. The van der Waals surface area contributed by atoms with Crippen LogP contribution in [-0.2, 0) is 0 Å². The van der Waals surface area contributed by atoms with E-state index in [-0.39, 0.29) is 0 Å². The van der Waals surface area contributed by atoms with Crippen molar-refractivity contribution in [2.45, 2.75) is 39.2 Å². The van der Waals surface area contributed by atoms with Crippen molar-refractivity contribution in [2.24, 2.45) is 0 Å². The fourth-order valence-electron chi connectivity index (χ4n) is 2.50. The molecule has 0 aromatic carbocycles. The third-order valence-corrected chi connectivity index (χ3v) is 3.97. The number of likely N-dealkylation sites (N-methyl/N-ethyl adjacent to an activating group) is 1. The van der Waals surface area contributed by atoms with Gasteiger partial charge in [-0.3, -0.25) is 0 Å². The Bertz CT molecular complexity index is 359. The van der Waals surface area contributed by atoms with Gasteiger partial charge < -0.3 is 9.47 Å². The molecule has 0 aliphatic carbocycles. The molecule has 16 heavy (non-hydrogen) atoms. The Kier molecular flexibility index (Phi) is 3.70. The second kappa shape index (κ2) is 4.88. The predicted octanol–water partition coefficient (Wildman–Crippen LogP) is 3.04. The van der Waals surface area contributed by atoms with Crippen LogP contribution >= 0.6 is 15.9 Å². The molecule has 1 atom stereocenters. The zero-order valence-electron chi connectivity index (χ0n) is 10.3. The molecule has 2 rings (SSSR count). The number of rotatable bonds is 3. The van der Waals surface area contributed by atoms with Gasteiger partial charge in [-0.05, 0) is 49.3 Å². The molecule has 3 nitrogen and oxygen atoms in total. The average Bonchev–Trinajstić information content (AvgIpc) is 2.82. The molecule has 0 spiro atoms. The first-order chi connectivity index (χ1) is 7.63. The second-order valence-electron chi connectivity index (χ2n) is 4.78. The third kappa shape index (κ3) is 2.18. The lowest BCUT2D eigenvalue weighted by Crippen LogP contribution is -2.20. The second-order valence-corrected chi connectivity index (χ2v) is 5.59. The molecule has 1 unspecified atom stereocenters. The van der Waals surface area contributed by atoms with Gasteiger partial charge in [-0.25, -0.2) is 4.98 Å². The SMILES string of the molecule is CCN1CCC(c2ncc(Br)n2C(C)C)C1. The Labute approximate surface area is 106 Å². The van der Waals surface area contributed by atoms with Gasteiger partial charge in [0.1, 0.15) is 10.4 Å². The van der Waals surface area contributed by atoms with E-state index in [4.69, 9.17) is 0 Å². The lowest BCUT2D eigenvalue weighted by molar-refractivity contribution is 0.350. The van der Waals surface area contributed by atoms with E-state index in [0.29, 0.717) is 12.0 Å². The van der Waals surface area contributed by atoms with Gasteiger partial charge in [0.15, 0.2) is 0 Å². The van der Waals surface area contributed by atoms with Gasteiger partial charge in [0.05, 0.1) is 6.20 Å². The molecule has 0 N–H and O–H groups in total. The van der Waals surface area contributed by atoms with E-state index in [9.17, 15) is 0 Å². The Morgan fingerprint density at radius 3 is 2.88 bits per heavy atom. The van der Waals surface area contributed by atoms with Crippen molar-refractivity contribution in [1.82, 2.24) is 14.5 Å². The van der Waals surface area contributed by atoms with Crippen molar-refractivity contribution in [3.05, 3.63) is 16.6 Å². The highest BCUT2D eigenvalue weighted by Crippen LogP contribution is 2.30. The molecule has 0 radical (unpaired) electrons. The van der Waals surface area contributed by atoms with E-state index in [1.807, 2.05) is 6.20 Å². The molecule has 1 fully saturated rings. The minimum atomic E-state index is 0.475. The minimum absolute atomic E-state index is 0.475. The molecule has 90 valence electrons. The Hall–Kier alpha value is -0.350. The molecule has 0 bridgehead atoms. The fraction of sp³-hybridized carbons (Fsp3) is 0.750. The number of aromatic nitrogens is 2. The first kappa shape index (κ1) is 12.1. The van der Waals surface area contributed by atoms with Gasteiger partial charge in [0, 0.05) is 18.5 Å². The summed E-state index contributed by atoms with van der Waals surface area (Å²) in [6.45, 7) is 10.2. The average molecular weight is 286 g/mol. The van der Waals surface area contributed by atoms with E-state index in [1.54, 1.807) is 0 Å². The van der Waals surface area contributed by atoms with E-state index < -0.39 is 0 Å². The summed E-state index contributed by atoms with van der Waals surface area (Å²) in [5.41, 5.74) is 0. The molecule has 1 aromatic heterocycles. The summed E-state index contributed by atoms with van der Waals surface area (Å²) in [5, 5.41) is 0. The molecule has 0 amide bonds. The quantitative estimate of drug-likeness (QED) is 0.851. The standard InChI is InChI=1S/C12H20BrN3/c1-4-15-6-5-10(8-15)12-14-7-11(13)16(12)9(2)3/h7,9-10H,4-6,8H2,1-3H3. The van der Waals surface area contributed by atoms with Crippen LogP contribution in [0.4, 0.5) is 0 Å². The highest BCUT2D eigenvalue weighted by molar-refractivity contribution is 9.10. The number of nitrogens with zero attached hydrogens (tertiary/aromatic N) is 3. The van der Waals surface area contributed by atoms with E-state index >= 15 is 0 Å². The number of imidazole rings is 1. The van der Waals surface area contributed by atoms with Crippen LogP contribution in [0.5, 0.6) is 0 Å². The first-order valence-corrected chi connectivity index (χ1v) is 6.87. The van der Waals surface area contributed by atoms with Gasteiger partial charge in [-0.2, -0.15) is 0 Å². The van der Waals surface area contributed by atoms with Crippen LogP contribution in [0.2, 0.25) is 0 Å². The maximum absolute atomic E-state index is 4.58. The maximum Gasteiger partial charge on any atom is 0.114 e. The first-order valence-electron chi connectivity index (χ1n) is 6.08. The van der Waals surface area contributed by atoms with Gasteiger partial charge in [-0.15, -0.1) is 0 Å². The molecule has 0 saturated carbocycles. The summed E-state index contributed by atoms with van der Waals surface area (Å²) < 4.78 is 3.41. The maximum atomic E-state index is 4.58. The van der Waals surface area contributed by atoms with Crippen molar-refractivity contribution in [3.8, 4) is 0 Å². The van der Waals surface area contributed by atoms with E-state index in [1.165, 1.54) is 18.8 Å². The normalized spacial score (nSPS) is 22.2. The Morgan fingerprint density at radius 1 is 1.56 bits per heavy atom. The fourth-order valence-corrected chi connectivity index (χ4v) is 3.19. The van der Waals surface area contributed by atoms with Crippen molar-refractivity contribution in [2.75, 3.05) is 19.6 Å². The molecule has 2 heterocycles. The molecule has 1 saturated heterocycles. The number of hydrogen-bond acceptors (Lipinski definition) is 2. The molecule has 4 heteroatoms. The van der Waals surface area contributed by atoms with Crippen LogP contribution in [0.15, 0.2) is 10.8 Å². The summed E-state index contributed by atoms with van der Waals surface area (Å²) >= 11 is 3.58. The molecular weight excluding hydrogens is 266 g/mol. The van der Waals surface area contributed by atoms with Gasteiger partial charge in [0.2, 0.25) is 0 Å². The van der Waals surface area contributed by atoms with Crippen LogP contribution in [0.25, 0.3) is 0 Å². The predicted molar refractivity (Wildman–Crippen MR) is 69.8 cm³/mol. The van der Waals surface area contributed by atoms with Crippen LogP contribution in [0.3, 0.4) is 0 Å². The summed E-state index contributed by atoms with van der Waals surface area (Å²) in [6, 6.07) is 0.475. The van der Waals surface area contributed by atoms with Crippen molar-refractivity contribution < 1.29 is 0 Å². The number of likely N-dealkylation sites (tertiary alicyclic amines) is 1. The lowest BCUT2D eigenvalue weighted by Gasteiger charge is -2.17. The van der Waals surface area contributed by atoms with E-state index in [0.717, 1.165) is 17.7 Å². The topological polar surface area (TPSA) is 21.1 Å². The molecule has 1 aromatic rings. The highest BCUT2D eigenvalue weighted by atomic mass is 79.9. The number of halogens is 1. The zero-order valence-corrected chi connectivity index (χ0v) is 11.9. The molecule has 1 aliphatic rings. The largest absolute Gasteiger partial charge is 0.320 e. The monoisotopic (exact) mass is 285 g/mol. The summed E-state index contributed by atoms with van der Waals surface area (Å²) in [4.78, 5) is 7.08. The van der Waals surface area contributed by atoms with Crippen molar-refractivity contribution >= 4 is 15.9 Å². The van der Waals surface area contributed by atoms with E-state index in [2.05, 4.69) is 51.2 Å². The van der Waals surface area contributed by atoms with Crippen molar-refractivity contribution in [3.63, 3.8) is 0 Å². The van der Waals surface area contributed by atoms with Crippen LogP contribution in [0, 0.1) is 0 Å². The summed E-state index contributed by atoms with van der Waals surface area (Å²) in [5.74, 6) is 1.85. The van der Waals surface area contributed by atoms with Crippen LogP contribution in [-0.4, -0.2) is 34.1 Å². The van der Waals surface area contributed by atoms with Crippen LogP contribution in [0.1, 0.15) is 45.0 Å². The molecule has 1 aliphatic heterocycles. The van der Waals surface area contributed by atoms with Crippen LogP contribution < -0.4 is 0 Å². The number of hydrogen-bond donors (Lipinski definition) is 0. The Balaban J connectivity index is 2.21. The Morgan fingerprint density at radius 2 is 2.31 bits per heavy atom. The zero-order chi connectivity index (χ0) is 11.7. The smallest absolute Gasteiger partial charge is 0.114 e. The highest BCUT2D eigenvalue weighted by Gasteiger charge is 2.27. The van der Waals surface area contributed by atoms with Gasteiger partial charge >= 0.3 is 0 Å². The van der Waals surface area contributed by atoms with Gasteiger partial charge in [0.25, 0.3) is 0 Å².